The first-order valence-corrected chi connectivity index (χ1v) is 14.8. The minimum absolute atomic E-state index is 0.0781. The van der Waals surface area contributed by atoms with Gasteiger partial charge in [-0.3, -0.25) is 0 Å². The fourth-order valence-electron chi connectivity index (χ4n) is 5.52. The minimum Gasteiger partial charge on any atom is -0.480 e. The zero-order valence-electron chi connectivity index (χ0n) is 23.7. The number of thiophene rings is 1. The number of carbonyl (C=O) groups excluding carboxylic acids is 1. The number of ether oxygens (including phenoxy) is 3. The molecule has 2 atom stereocenters. The Morgan fingerprint density at radius 1 is 1.20 bits per heavy atom. The second-order valence-corrected chi connectivity index (χ2v) is 11.4. The Labute approximate surface area is 255 Å². The summed E-state index contributed by atoms with van der Waals surface area (Å²) >= 11 is 1.34. The van der Waals surface area contributed by atoms with Crippen molar-refractivity contribution in [2.45, 2.75) is 31.4 Å². The molecule has 0 aromatic carbocycles. The number of alkyl halides is 2. The number of aromatic nitrogens is 3. The standard InChI is InChI=1S/C30H29F2N5O6S/c1-41-30(40)36-7-4-17(5-8-36)21-11-19(18-6-9-42-16-18)14-33-28(21)43-20-12-23(29(38)39)37(15-20)25-13-22(24-3-2-10-44-24)34-27(35-25)26(31)32/h2-4,6,10-11,13-14,20,23,26H,5,7-9,12,15-16H2,1H3,(H,38,39)/t20-,23-/m0/s1. The third-order valence-corrected chi connectivity index (χ3v) is 8.63. The number of pyridine rings is 1. The number of methoxy groups -OCH3 is 1. The highest BCUT2D eigenvalue weighted by Gasteiger charge is 2.40. The van der Waals surface area contributed by atoms with Crippen LogP contribution in [0.15, 0.2) is 48.0 Å². The molecule has 1 amide bonds. The van der Waals surface area contributed by atoms with Crippen LogP contribution in [-0.2, 0) is 14.3 Å². The van der Waals surface area contributed by atoms with Crippen LogP contribution < -0.4 is 9.64 Å². The summed E-state index contributed by atoms with van der Waals surface area (Å²) in [6.45, 7) is 1.85. The van der Waals surface area contributed by atoms with Gasteiger partial charge in [0.2, 0.25) is 5.88 Å². The summed E-state index contributed by atoms with van der Waals surface area (Å²) in [4.78, 5) is 40.8. The maximum atomic E-state index is 13.8. The van der Waals surface area contributed by atoms with Crippen molar-refractivity contribution in [1.29, 1.82) is 0 Å². The van der Waals surface area contributed by atoms with Crippen molar-refractivity contribution in [3.63, 3.8) is 0 Å². The van der Waals surface area contributed by atoms with E-state index >= 15 is 0 Å². The van der Waals surface area contributed by atoms with Crippen LogP contribution in [0.4, 0.5) is 19.4 Å². The SMILES string of the molecule is COC(=O)N1CC=C(c2cc(C3=CCOC3)cnc2O[C@H]2C[C@@H](C(=O)O)N(c3cc(-c4cccs4)nc(C(F)F)n3)C2)CC1. The van der Waals surface area contributed by atoms with Crippen molar-refractivity contribution in [2.24, 2.45) is 0 Å². The van der Waals surface area contributed by atoms with Crippen LogP contribution in [0.5, 0.6) is 5.88 Å². The van der Waals surface area contributed by atoms with E-state index in [2.05, 4.69) is 15.0 Å². The van der Waals surface area contributed by atoms with E-state index in [4.69, 9.17) is 14.2 Å². The molecule has 0 unspecified atom stereocenters. The van der Waals surface area contributed by atoms with Crippen molar-refractivity contribution >= 4 is 40.4 Å². The van der Waals surface area contributed by atoms with Crippen LogP contribution in [0, 0.1) is 0 Å². The lowest BCUT2D eigenvalue weighted by Crippen LogP contribution is -2.37. The summed E-state index contributed by atoms with van der Waals surface area (Å²) < 4.78 is 44.3. The molecule has 3 aromatic heterocycles. The van der Waals surface area contributed by atoms with E-state index in [1.807, 2.05) is 18.2 Å². The topological polar surface area (TPSA) is 127 Å². The molecular formula is C30H29F2N5O6S. The van der Waals surface area contributed by atoms with Crippen molar-refractivity contribution in [2.75, 3.05) is 44.9 Å². The minimum atomic E-state index is -2.93. The maximum Gasteiger partial charge on any atom is 0.409 e. The molecule has 6 heterocycles. The summed E-state index contributed by atoms with van der Waals surface area (Å²) in [6.07, 6.45) is 2.24. The largest absolute Gasteiger partial charge is 0.480 e. The number of carboxylic acid groups (broad SMARTS) is 1. The Morgan fingerprint density at radius 2 is 2.07 bits per heavy atom. The summed E-state index contributed by atoms with van der Waals surface area (Å²) in [7, 11) is 1.34. The van der Waals surface area contributed by atoms with Gasteiger partial charge in [-0.2, -0.15) is 0 Å². The average molecular weight is 626 g/mol. The van der Waals surface area contributed by atoms with E-state index in [-0.39, 0.29) is 18.8 Å². The Balaban J connectivity index is 1.30. The van der Waals surface area contributed by atoms with Gasteiger partial charge in [-0.1, -0.05) is 18.2 Å². The lowest BCUT2D eigenvalue weighted by Gasteiger charge is -2.26. The highest BCUT2D eigenvalue weighted by molar-refractivity contribution is 7.13. The molecule has 0 saturated carbocycles. The molecule has 14 heteroatoms. The third kappa shape index (κ3) is 6.13. The fraction of sp³-hybridized carbons (Fsp3) is 0.367. The first kappa shape index (κ1) is 29.6. The number of halogens is 2. The summed E-state index contributed by atoms with van der Waals surface area (Å²) in [5.74, 6) is -1.39. The molecule has 3 aliphatic heterocycles. The highest BCUT2D eigenvalue weighted by Crippen LogP contribution is 2.36. The van der Waals surface area contributed by atoms with Gasteiger partial charge in [-0.15, -0.1) is 11.3 Å². The van der Waals surface area contributed by atoms with Gasteiger partial charge >= 0.3 is 12.1 Å². The molecular weight excluding hydrogens is 596 g/mol. The van der Waals surface area contributed by atoms with Gasteiger partial charge in [0.1, 0.15) is 18.0 Å². The van der Waals surface area contributed by atoms with Gasteiger partial charge in [0.15, 0.2) is 5.82 Å². The Kier molecular flexibility index (Phi) is 8.53. The van der Waals surface area contributed by atoms with Crippen LogP contribution in [0.3, 0.4) is 0 Å². The molecule has 1 fully saturated rings. The molecule has 230 valence electrons. The van der Waals surface area contributed by atoms with Crippen LogP contribution in [0.25, 0.3) is 21.7 Å². The molecule has 1 N–H and O–H groups in total. The van der Waals surface area contributed by atoms with Crippen LogP contribution >= 0.6 is 11.3 Å². The molecule has 0 radical (unpaired) electrons. The maximum absolute atomic E-state index is 13.8. The fourth-order valence-corrected chi connectivity index (χ4v) is 6.21. The number of amides is 1. The van der Waals surface area contributed by atoms with Gasteiger partial charge in [-0.25, -0.2) is 33.3 Å². The number of carboxylic acids is 1. The summed E-state index contributed by atoms with van der Waals surface area (Å²) in [6, 6.07) is 5.97. The Bertz CT molecular complexity index is 1620. The highest BCUT2D eigenvalue weighted by atomic mass is 32.1. The van der Waals surface area contributed by atoms with Crippen molar-refractivity contribution in [3.8, 4) is 16.5 Å². The lowest BCUT2D eigenvalue weighted by atomic mass is 9.97. The van der Waals surface area contributed by atoms with E-state index in [9.17, 15) is 23.5 Å². The number of hydrogen-bond acceptors (Lipinski definition) is 10. The van der Waals surface area contributed by atoms with Crippen LogP contribution in [0.2, 0.25) is 0 Å². The predicted molar refractivity (Wildman–Crippen MR) is 158 cm³/mol. The van der Waals surface area contributed by atoms with Crippen molar-refractivity contribution in [3.05, 3.63) is 64.9 Å². The molecule has 11 nitrogen and oxygen atoms in total. The number of rotatable bonds is 8. The third-order valence-electron chi connectivity index (χ3n) is 7.73. The predicted octanol–water partition coefficient (Wildman–Crippen LogP) is 4.92. The molecule has 1 saturated heterocycles. The zero-order valence-corrected chi connectivity index (χ0v) is 24.5. The molecule has 6 rings (SSSR count). The number of carbonyl (C=O) groups is 2. The quantitative estimate of drug-likeness (QED) is 0.369. The molecule has 0 spiro atoms. The summed E-state index contributed by atoms with van der Waals surface area (Å²) in [5.41, 5.74) is 3.82. The Hall–Kier alpha value is -4.43. The van der Waals surface area contributed by atoms with Gasteiger partial charge in [-0.05, 0) is 40.6 Å². The normalized spacial score (nSPS) is 20.1. The van der Waals surface area contributed by atoms with E-state index in [0.29, 0.717) is 49.2 Å². The van der Waals surface area contributed by atoms with Crippen molar-refractivity contribution < 1.29 is 37.7 Å². The van der Waals surface area contributed by atoms with Crippen LogP contribution in [0.1, 0.15) is 36.2 Å². The van der Waals surface area contributed by atoms with E-state index in [1.165, 1.54) is 29.4 Å². The number of nitrogens with zero attached hydrogens (tertiary/aromatic N) is 5. The lowest BCUT2D eigenvalue weighted by molar-refractivity contribution is -0.138. The molecule has 0 bridgehead atoms. The monoisotopic (exact) mass is 625 g/mol. The van der Waals surface area contributed by atoms with Crippen LogP contribution in [-0.4, -0.2) is 89.1 Å². The van der Waals surface area contributed by atoms with Crippen molar-refractivity contribution in [1.82, 2.24) is 19.9 Å². The Morgan fingerprint density at radius 3 is 2.73 bits per heavy atom. The average Bonchev–Trinajstić information content (AvgIpc) is 3.83. The second kappa shape index (κ2) is 12.7. The van der Waals surface area contributed by atoms with Gasteiger partial charge in [0.25, 0.3) is 6.43 Å². The summed E-state index contributed by atoms with van der Waals surface area (Å²) in [5, 5.41) is 11.9. The molecule has 44 heavy (non-hydrogen) atoms. The van der Waals surface area contributed by atoms with Gasteiger partial charge in [0, 0.05) is 37.3 Å². The zero-order chi connectivity index (χ0) is 30.8. The number of aliphatic carboxylic acids is 1. The van der Waals surface area contributed by atoms with Gasteiger partial charge < -0.3 is 29.1 Å². The molecule has 0 aliphatic carbocycles. The molecule has 3 aliphatic rings. The first-order valence-electron chi connectivity index (χ1n) is 14.0. The number of hydrogen-bond donors (Lipinski definition) is 1. The van der Waals surface area contributed by atoms with E-state index in [0.717, 1.165) is 22.3 Å². The van der Waals surface area contributed by atoms with E-state index in [1.54, 1.807) is 28.6 Å². The molecule has 3 aromatic rings. The second-order valence-electron chi connectivity index (χ2n) is 10.4. The number of anilines is 1. The van der Waals surface area contributed by atoms with Gasteiger partial charge in [0.05, 0.1) is 37.4 Å². The smallest absolute Gasteiger partial charge is 0.409 e. The van der Waals surface area contributed by atoms with E-state index < -0.39 is 36.5 Å². The first-order chi connectivity index (χ1) is 21.3.